The molecule has 4 aromatic rings. The second-order valence-corrected chi connectivity index (χ2v) is 12.1. The quantitative estimate of drug-likeness (QED) is 0.0993. The summed E-state index contributed by atoms with van der Waals surface area (Å²) in [5, 5.41) is 10.1. The number of hydrogen-bond donors (Lipinski definition) is 1. The van der Waals surface area contributed by atoms with Gasteiger partial charge >= 0.3 is 0 Å². The molecule has 0 amide bonds. The summed E-state index contributed by atoms with van der Waals surface area (Å²) in [4.78, 5) is 16.8. The number of pyridine rings is 1. The van der Waals surface area contributed by atoms with Crippen LogP contribution in [0.3, 0.4) is 0 Å². The van der Waals surface area contributed by atoms with Crippen LogP contribution in [0.15, 0.2) is 96.9 Å². The molecular weight excluding hydrogens is 722 g/mol. The van der Waals surface area contributed by atoms with Crippen molar-refractivity contribution in [2.24, 2.45) is 10.8 Å². The summed E-state index contributed by atoms with van der Waals surface area (Å²) >= 11 is 0. The Morgan fingerprint density at radius 1 is 0.750 bits per heavy atom. The van der Waals surface area contributed by atoms with Crippen molar-refractivity contribution in [1.82, 2.24) is 4.98 Å². The van der Waals surface area contributed by atoms with Crippen LogP contribution in [0.5, 0.6) is 0 Å². The Labute approximate surface area is 280 Å². The Hall–Kier alpha value is -3.29. The maximum atomic E-state index is 12.2. The van der Waals surface area contributed by atoms with Gasteiger partial charge in [0.2, 0.25) is 0 Å². The minimum atomic E-state index is -0.337. The monoisotopic (exact) mass is 769 g/mol. The fraction of sp³-hybridized carbons (Fsp3) is 0.350. The van der Waals surface area contributed by atoms with E-state index in [1.807, 2.05) is 53.8 Å². The molecule has 0 fully saturated rings. The minimum Gasteiger partial charge on any atom is -0.512 e. The van der Waals surface area contributed by atoms with Gasteiger partial charge in [-0.15, -0.1) is 34.9 Å². The molecule has 1 heterocycles. The molecule has 4 rings (SSSR count). The summed E-state index contributed by atoms with van der Waals surface area (Å²) in [5.74, 6) is 0.286. The van der Waals surface area contributed by atoms with E-state index >= 15 is 0 Å². The zero-order valence-electron chi connectivity index (χ0n) is 27.6. The van der Waals surface area contributed by atoms with Crippen molar-refractivity contribution in [3.63, 3.8) is 0 Å². The van der Waals surface area contributed by atoms with E-state index in [4.69, 9.17) is 0 Å². The van der Waals surface area contributed by atoms with E-state index in [1.54, 1.807) is 0 Å². The third kappa shape index (κ3) is 9.35. The van der Waals surface area contributed by atoms with E-state index in [2.05, 4.69) is 97.7 Å². The van der Waals surface area contributed by atoms with Crippen molar-refractivity contribution in [2.75, 3.05) is 0 Å². The van der Waals surface area contributed by atoms with E-state index in [9.17, 15) is 9.90 Å². The number of carbonyl (C=O) groups excluding carboxylic acids is 1. The number of rotatable bonds is 10. The Bertz CT molecular complexity index is 1480. The van der Waals surface area contributed by atoms with E-state index in [-0.39, 0.29) is 43.4 Å². The molecule has 236 valence electrons. The average Bonchev–Trinajstić information content (AvgIpc) is 3.04. The zero-order chi connectivity index (χ0) is 31.6. The molecule has 0 spiro atoms. The van der Waals surface area contributed by atoms with Gasteiger partial charge in [-0.3, -0.25) is 4.79 Å². The minimum absolute atomic E-state index is 0. The number of aryl methyl sites for hydroxylation is 2. The number of aliphatic hydroxyl groups is 1. The third-order valence-corrected chi connectivity index (χ3v) is 9.12. The van der Waals surface area contributed by atoms with Crippen LogP contribution in [0.4, 0.5) is 0 Å². The van der Waals surface area contributed by atoms with Crippen molar-refractivity contribution in [3.05, 3.63) is 114 Å². The zero-order valence-corrected chi connectivity index (χ0v) is 29.9. The van der Waals surface area contributed by atoms with Gasteiger partial charge in [0.15, 0.2) is 5.78 Å². The molecule has 0 radical (unpaired) electrons. The van der Waals surface area contributed by atoms with Gasteiger partial charge in [-0.2, -0.15) is 0 Å². The van der Waals surface area contributed by atoms with Crippen LogP contribution in [-0.4, -0.2) is 15.9 Å². The van der Waals surface area contributed by atoms with Crippen molar-refractivity contribution in [2.45, 2.75) is 81.1 Å². The van der Waals surface area contributed by atoms with Crippen LogP contribution in [0.2, 0.25) is 0 Å². The molecule has 3 aromatic carbocycles. The van der Waals surface area contributed by atoms with Crippen molar-refractivity contribution >= 4 is 5.78 Å². The third-order valence-electron chi connectivity index (χ3n) is 9.12. The van der Waals surface area contributed by atoms with Gasteiger partial charge in [0.05, 0.1) is 0 Å². The van der Waals surface area contributed by atoms with Gasteiger partial charge < -0.3 is 10.1 Å². The van der Waals surface area contributed by atoms with E-state index in [0.717, 1.165) is 48.1 Å². The Morgan fingerprint density at radius 3 is 1.73 bits per heavy atom. The first-order chi connectivity index (χ1) is 20.5. The van der Waals surface area contributed by atoms with E-state index in [1.165, 1.54) is 28.3 Å². The van der Waals surface area contributed by atoms with Crippen LogP contribution >= 0.6 is 0 Å². The molecule has 0 aliphatic heterocycles. The fourth-order valence-corrected chi connectivity index (χ4v) is 4.93. The molecule has 4 heteroatoms. The van der Waals surface area contributed by atoms with E-state index < -0.39 is 0 Å². The van der Waals surface area contributed by atoms with Gasteiger partial charge in [-0.1, -0.05) is 122 Å². The number of aromatic nitrogens is 1. The smallest absolute Gasteiger partial charge is 0.164 e. The molecule has 3 nitrogen and oxygen atoms in total. The average molecular weight is 770 g/mol. The normalized spacial score (nSPS) is 11.7. The van der Waals surface area contributed by atoms with Gasteiger partial charge in [0.1, 0.15) is 5.76 Å². The maximum absolute atomic E-state index is 12.2. The molecule has 0 aliphatic rings. The van der Waals surface area contributed by atoms with Gasteiger partial charge in [0, 0.05) is 44.2 Å². The summed E-state index contributed by atoms with van der Waals surface area (Å²) in [7, 11) is 0. The van der Waals surface area contributed by atoms with Crippen molar-refractivity contribution in [3.8, 4) is 33.5 Å². The van der Waals surface area contributed by atoms with Gasteiger partial charge in [-0.05, 0) is 53.6 Å². The number of ketones is 1. The first kappa shape index (κ1) is 36.9. The second kappa shape index (κ2) is 16.7. The first-order valence-electron chi connectivity index (χ1n) is 15.6. The summed E-state index contributed by atoms with van der Waals surface area (Å²) < 4.78 is 0. The number of carbonyl (C=O) groups is 1. The molecule has 0 bridgehead atoms. The molecule has 1 N–H and O–H groups in total. The Kier molecular flexibility index (Phi) is 14.0. The van der Waals surface area contributed by atoms with Crippen LogP contribution in [-0.2, 0) is 25.9 Å². The van der Waals surface area contributed by atoms with Crippen molar-refractivity contribution < 1.29 is 31.0 Å². The van der Waals surface area contributed by atoms with Crippen molar-refractivity contribution in [1.29, 1.82) is 0 Å². The molecule has 0 saturated carbocycles. The molecular formula is C40H48NO2Pt-. The molecule has 0 aliphatic carbocycles. The summed E-state index contributed by atoms with van der Waals surface area (Å²) in [6, 6.07) is 30.9. The SMILES string of the molecule is CCC(C)(CC)C(=O)/C=C(\O)C(C)(CC)CC.Cc1[c-]c(-c2ccc(-c3ccc(-c4ccccc4)cc3)cn2)cc(C)c1.[Pt]. The predicted molar refractivity (Wildman–Crippen MR) is 182 cm³/mol. The molecule has 0 atom stereocenters. The fourth-order valence-electron chi connectivity index (χ4n) is 4.93. The number of hydrogen-bond acceptors (Lipinski definition) is 3. The van der Waals surface area contributed by atoms with E-state index in [0.29, 0.717) is 0 Å². The Morgan fingerprint density at radius 2 is 1.25 bits per heavy atom. The molecule has 44 heavy (non-hydrogen) atoms. The van der Waals surface area contributed by atoms with Crippen LogP contribution in [0.25, 0.3) is 33.5 Å². The largest absolute Gasteiger partial charge is 0.512 e. The summed E-state index contributed by atoms with van der Waals surface area (Å²) in [6.07, 6.45) is 6.70. The number of aliphatic hydroxyl groups excluding tert-OH is 1. The number of benzene rings is 3. The maximum Gasteiger partial charge on any atom is 0.164 e. The molecule has 0 unspecified atom stereocenters. The van der Waals surface area contributed by atoms with Gasteiger partial charge in [-0.25, -0.2) is 0 Å². The van der Waals surface area contributed by atoms with Gasteiger partial charge in [0.25, 0.3) is 0 Å². The first-order valence-corrected chi connectivity index (χ1v) is 15.6. The summed E-state index contributed by atoms with van der Waals surface area (Å²) in [5.41, 5.74) is 8.54. The molecule has 0 saturated heterocycles. The topological polar surface area (TPSA) is 50.2 Å². The predicted octanol–water partition coefficient (Wildman–Crippen LogP) is 11.1. The van der Waals surface area contributed by atoms with Crippen LogP contribution in [0.1, 0.15) is 78.4 Å². The second-order valence-electron chi connectivity index (χ2n) is 12.1. The Balaban J connectivity index is 0.000000331. The number of allylic oxidation sites excluding steroid dienone is 2. The summed E-state index contributed by atoms with van der Waals surface area (Å²) in [6.45, 7) is 16.3. The molecule has 1 aromatic heterocycles. The number of nitrogens with zero attached hydrogens (tertiary/aromatic N) is 1. The standard InChI is InChI=1S/C25H20N.C15H28O2.Pt/c1-18-14-19(2)16-24(15-18)25-13-12-23(17-26-25)22-10-8-21(9-11-22)20-6-4-3-5-7-20;1-7-14(5,8-2)12(16)11-13(17)15(6,9-3)10-4;/h3-15,17H,1-2H3;11,16H,7-10H2,1-6H3;/q-1;;/b;12-11-;. The van der Waals surface area contributed by atoms with Crippen LogP contribution < -0.4 is 0 Å². The van der Waals surface area contributed by atoms with Crippen LogP contribution in [0, 0.1) is 30.7 Å².